The SMILES string of the molecule is CC[C@@]1(C)c2sc(=O)[nH]c2S[C@@H]2[C@H]3CC[C@@H](C3)[C@H]21. The molecular formula is C14H19NOS2. The molecule has 0 spiro atoms. The van der Waals surface area contributed by atoms with Crippen LogP contribution in [0.1, 0.15) is 44.4 Å². The van der Waals surface area contributed by atoms with Crippen molar-refractivity contribution in [1.29, 1.82) is 0 Å². The molecule has 18 heavy (non-hydrogen) atoms. The van der Waals surface area contributed by atoms with Crippen LogP contribution in [0.15, 0.2) is 9.82 Å². The minimum atomic E-state index is 0.138. The van der Waals surface area contributed by atoms with Crippen molar-refractivity contribution in [3.8, 4) is 0 Å². The van der Waals surface area contributed by atoms with E-state index in [0.717, 1.165) is 23.0 Å². The summed E-state index contributed by atoms with van der Waals surface area (Å²) in [5.74, 6) is 2.64. The topological polar surface area (TPSA) is 32.9 Å². The third-order valence-corrected chi connectivity index (χ3v) is 8.48. The van der Waals surface area contributed by atoms with Gasteiger partial charge in [-0.3, -0.25) is 4.79 Å². The second-order valence-corrected chi connectivity index (χ2v) is 8.56. The summed E-state index contributed by atoms with van der Waals surface area (Å²) in [5.41, 5.74) is 0.245. The molecule has 4 rings (SSSR count). The molecule has 98 valence electrons. The summed E-state index contributed by atoms with van der Waals surface area (Å²) in [4.78, 5) is 16.3. The van der Waals surface area contributed by atoms with Gasteiger partial charge in [-0.05, 0) is 43.4 Å². The van der Waals surface area contributed by atoms with E-state index in [1.54, 1.807) is 0 Å². The van der Waals surface area contributed by atoms with E-state index in [0.29, 0.717) is 0 Å². The van der Waals surface area contributed by atoms with E-state index in [9.17, 15) is 4.79 Å². The Balaban J connectivity index is 1.89. The molecule has 3 aliphatic rings. The van der Waals surface area contributed by atoms with Gasteiger partial charge in [-0.15, -0.1) is 11.8 Å². The highest BCUT2D eigenvalue weighted by atomic mass is 32.2. The first-order chi connectivity index (χ1) is 8.63. The van der Waals surface area contributed by atoms with Gasteiger partial charge in [0.2, 0.25) is 0 Å². The summed E-state index contributed by atoms with van der Waals surface area (Å²) in [6.07, 6.45) is 5.45. The quantitative estimate of drug-likeness (QED) is 0.852. The number of fused-ring (bicyclic) bond motifs is 6. The molecule has 2 fully saturated rings. The van der Waals surface area contributed by atoms with Crippen molar-refractivity contribution in [3.05, 3.63) is 14.5 Å². The molecule has 0 saturated heterocycles. The average Bonchev–Trinajstić information content (AvgIpc) is 3.02. The normalized spacial score (nSPS) is 45.0. The molecular weight excluding hydrogens is 262 g/mol. The van der Waals surface area contributed by atoms with Gasteiger partial charge in [0, 0.05) is 15.5 Å². The summed E-state index contributed by atoms with van der Waals surface area (Å²) in [7, 11) is 0. The summed E-state index contributed by atoms with van der Waals surface area (Å²) in [5, 5.41) is 1.97. The van der Waals surface area contributed by atoms with Gasteiger partial charge in [-0.2, -0.15) is 0 Å². The van der Waals surface area contributed by atoms with Gasteiger partial charge in [-0.1, -0.05) is 25.2 Å². The number of aromatic nitrogens is 1. The zero-order valence-electron chi connectivity index (χ0n) is 10.9. The van der Waals surface area contributed by atoms with Crippen LogP contribution in [0.4, 0.5) is 0 Å². The van der Waals surface area contributed by atoms with E-state index in [2.05, 4.69) is 18.8 Å². The van der Waals surface area contributed by atoms with E-state index >= 15 is 0 Å². The molecule has 5 atom stereocenters. The van der Waals surface area contributed by atoms with E-state index in [-0.39, 0.29) is 10.3 Å². The Bertz CT molecular complexity index is 548. The molecule has 0 aromatic carbocycles. The highest BCUT2D eigenvalue weighted by Gasteiger charge is 2.58. The van der Waals surface area contributed by atoms with Crippen molar-refractivity contribution >= 4 is 23.1 Å². The second kappa shape index (κ2) is 3.66. The van der Waals surface area contributed by atoms with Crippen LogP contribution in [0.2, 0.25) is 0 Å². The molecule has 2 saturated carbocycles. The van der Waals surface area contributed by atoms with Gasteiger partial charge < -0.3 is 4.98 Å². The van der Waals surface area contributed by atoms with Crippen LogP contribution in [-0.2, 0) is 5.41 Å². The van der Waals surface area contributed by atoms with Crippen molar-refractivity contribution in [1.82, 2.24) is 4.98 Å². The number of hydrogen-bond acceptors (Lipinski definition) is 3. The van der Waals surface area contributed by atoms with Crippen molar-refractivity contribution in [2.45, 2.75) is 55.2 Å². The lowest BCUT2D eigenvalue weighted by atomic mass is 9.66. The Kier molecular flexibility index (Phi) is 2.36. The predicted octanol–water partition coefficient (Wildman–Crippen LogP) is 3.62. The zero-order valence-corrected chi connectivity index (χ0v) is 12.5. The lowest BCUT2D eigenvalue weighted by molar-refractivity contribution is 0.195. The second-order valence-electron chi connectivity index (χ2n) is 6.39. The Morgan fingerprint density at radius 2 is 2.17 bits per heavy atom. The molecule has 2 aliphatic carbocycles. The maximum Gasteiger partial charge on any atom is 0.305 e. The number of thiazole rings is 1. The molecule has 2 bridgehead atoms. The Labute approximate surface area is 116 Å². The molecule has 4 heteroatoms. The van der Waals surface area contributed by atoms with Crippen molar-refractivity contribution in [3.63, 3.8) is 0 Å². The van der Waals surface area contributed by atoms with Crippen LogP contribution in [0, 0.1) is 17.8 Å². The van der Waals surface area contributed by atoms with Crippen molar-refractivity contribution < 1.29 is 0 Å². The average molecular weight is 281 g/mol. The van der Waals surface area contributed by atoms with E-state index < -0.39 is 0 Å². The molecule has 0 unspecified atom stereocenters. The molecule has 1 aromatic rings. The zero-order chi connectivity index (χ0) is 12.5. The highest BCUT2D eigenvalue weighted by Crippen LogP contribution is 2.64. The summed E-state index contributed by atoms with van der Waals surface area (Å²) in [6.45, 7) is 4.71. The van der Waals surface area contributed by atoms with E-state index in [1.807, 2.05) is 11.8 Å². The minimum absolute atomic E-state index is 0.138. The largest absolute Gasteiger partial charge is 0.307 e. The number of rotatable bonds is 1. The fourth-order valence-electron chi connectivity index (χ4n) is 4.75. The number of H-pyrrole nitrogens is 1. The third-order valence-electron chi connectivity index (χ3n) is 5.70. The van der Waals surface area contributed by atoms with Crippen LogP contribution in [0.3, 0.4) is 0 Å². The molecule has 0 radical (unpaired) electrons. The Morgan fingerprint density at radius 1 is 1.39 bits per heavy atom. The lowest BCUT2D eigenvalue weighted by Gasteiger charge is -2.46. The molecule has 1 aliphatic heterocycles. The van der Waals surface area contributed by atoms with Crippen LogP contribution >= 0.6 is 23.1 Å². The van der Waals surface area contributed by atoms with Crippen LogP contribution < -0.4 is 4.87 Å². The number of hydrogen-bond donors (Lipinski definition) is 1. The minimum Gasteiger partial charge on any atom is -0.307 e. The standard InChI is InChI=1S/C14H19NOS2/c1-3-14(2)9-7-4-5-8(6-7)10(9)17-12-11(14)18-13(16)15-12/h7-10H,3-6H2,1-2H3,(H,15,16)/t7-,8-,9+,10+,14+/m0/s1. The lowest BCUT2D eigenvalue weighted by Crippen LogP contribution is -2.44. The smallest absolute Gasteiger partial charge is 0.305 e. The molecule has 0 amide bonds. The molecule has 2 heterocycles. The van der Waals surface area contributed by atoms with Gasteiger partial charge in [0.15, 0.2) is 0 Å². The van der Waals surface area contributed by atoms with Gasteiger partial charge in [0.25, 0.3) is 0 Å². The Morgan fingerprint density at radius 3 is 2.94 bits per heavy atom. The van der Waals surface area contributed by atoms with Gasteiger partial charge in [-0.25, -0.2) is 0 Å². The van der Waals surface area contributed by atoms with Crippen LogP contribution in [0.5, 0.6) is 0 Å². The number of nitrogens with one attached hydrogen (secondary N) is 1. The summed E-state index contributed by atoms with van der Waals surface area (Å²) in [6, 6.07) is 0. The third kappa shape index (κ3) is 1.29. The first-order valence-electron chi connectivity index (χ1n) is 7.03. The highest BCUT2D eigenvalue weighted by molar-refractivity contribution is 8.00. The monoisotopic (exact) mass is 281 g/mol. The summed E-state index contributed by atoms with van der Waals surface area (Å²) >= 11 is 3.45. The molecule has 2 nitrogen and oxygen atoms in total. The van der Waals surface area contributed by atoms with Gasteiger partial charge >= 0.3 is 4.87 Å². The number of aromatic amines is 1. The maximum absolute atomic E-state index is 11.7. The fraction of sp³-hybridized carbons (Fsp3) is 0.786. The maximum atomic E-state index is 11.7. The van der Waals surface area contributed by atoms with Gasteiger partial charge in [0.1, 0.15) is 0 Å². The molecule has 1 aromatic heterocycles. The van der Waals surface area contributed by atoms with E-state index in [4.69, 9.17) is 0 Å². The van der Waals surface area contributed by atoms with Crippen LogP contribution in [-0.4, -0.2) is 10.2 Å². The van der Waals surface area contributed by atoms with Crippen molar-refractivity contribution in [2.24, 2.45) is 17.8 Å². The Hall–Kier alpha value is -0.220. The van der Waals surface area contributed by atoms with Crippen LogP contribution in [0.25, 0.3) is 0 Å². The van der Waals surface area contributed by atoms with E-state index in [1.165, 1.54) is 46.9 Å². The fourth-order valence-corrected chi connectivity index (χ4v) is 7.95. The predicted molar refractivity (Wildman–Crippen MR) is 76.5 cm³/mol. The van der Waals surface area contributed by atoms with Gasteiger partial charge in [0.05, 0.1) is 5.03 Å². The number of thioether (sulfide) groups is 1. The molecule has 1 N–H and O–H groups in total. The first-order valence-corrected chi connectivity index (χ1v) is 8.73. The summed E-state index contributed by atoms with van der Waals surface area (Å²) < 4.78 is 0. The van der Waals surface area contributed by atoms with Crippen molar-refractivity contribution in [2.75, 3.05) is 0 Å². The first kappa shape index (κ1) is 11.6.